The van der Waals surface area contributed by atoms with Crippen molar-refractivity contribution in [2.24, 2.45) is 0 Å². The van der Waals surface area contributed by atoms with Gasteiger partial charge >= 0.3 is 0 Å². The van der Waals surface area contributed by atoms with Crippen molar-refractivity contribution in [2.45, 2.75) is 51.4 Å². The highest BCUT2D eigenvalue weighted by Crippen LogP contribution is 2.41. The van der Waals surface area contributed by atoms with E-state index in [4.69, 9.17) is 26.4 Å². The Labute approximate surface area is 257 Å². The molecule has 0 saturated carbocycles. The molecular formula is C31H31BrClN5O2S. The van der Waals surface area contributed by atoms with E-state index in [2.05, 4.69) is 33.5 Å². The Bertz CT molecular complexity index is 1610. The summed E-state index contributed by atoms with van der Waals surface area (Å²) in [4.78, 5) is 18.7. The first-order valence-electron chi connectivity index (χ1n) is 13.4. The van der Waals surface area contributed by atoms with E-state index < -0.39 is 6.04 Å². The molecule has 0 radical (unpaired) electrons. The van der Waals surface area contributed by atoms with E-state index in [0.29, 0.717) is 33.1 Å². The SMILES string of the molecule is CCCCSc1nc2n(n1)C(c1cc(Br)ccc1OCc1ccccc1Cl)C(C(=O)Nc1cccc(C)c1)=C(C)N2. The normalized spacial score (nSPS) is 14.4. The number of anilines is 2. The van der Waals surface area contributed by atoms with Gasteiger partial charge in [-0.2, -0.15) is 4.98 Å². The van der Waals surface area contributed by atoms with Gasteiger partial charge in [0.05, 0.1) is 5.57 Å². The Morgan fingerprint density at radius 2 is 1.98 bits per heavy atom. The molecule has 212 valence electrons. The molecule has 0 saturated heterocycles. The highest BCUT2D eigenvalue weighted by molar-refractivity contribution is 9.10. The van der Waals surface area contributed by atoms with Crippen LogP contribution in [0.1, 0.15) is 49.4 Å². The van der Waals surface area contributed by atoms with Gasteiger partial charge in [-0.3, -0.25) is 4.79 Å². The minimum atomic E-state index is -0.595. The van der Waals surface area contributed by atoms with Crippen LogP contribution in [0.4, 0.5) is 11.6 Å². The topological polar surface area (TPSA) is 81.1 Å². The molecule has 4 aromatic rings. The van der Waals surface area contributed by atoms with Crippen LogP contribution in [-0.2, 0) is 11.4 Å². The van der Waals surface area contributed by atoms with Crippen molar-refractivity contribution in [2.75, 3.05) is 16.4 Å². The van der Waals surface area contributed by atoms with Gasteiger partial charge in [0, 0.05) is 37.8 Å². The molecule has 1 unspecified atom stereocenters. The number of carbonyl (C=O) groups is 1. The number of amides is 1. The van der Waals surface area contributed by atoms with Gasteiger partial charge in [-0.15, -0.1) is 5.10 Å². The average Bonchev–Trinajstić information content (AvgIpc) is 3.34. The van der Waals surface area contributed by atoms with Crippen molar-refractivity contribution in [1.29, 1.82) is 0 Å². The minimum absolute atomic E-state index is 0.232. The number of nitrogens with one attached hydrogen (secondary N) is 2. The number of fused-ring (bicyclic) bond motifs is 1. The second-order valence-electron chi connectivity index (χ2n) is 9.82. The number of ether oxygens (including phenoxy) is 1. The lowest BCUT2D eigenvalue weighted by atomic mass is 9.94. The van der Waals surface area contributed by atoms with E-state index >= 15 is 0 Å². The van der Waals surface area contributed by atoms with Crippen molar-refractivity contribution >= 4 is 56.8 Å². The Hall–Kier alpha value is -3.27. The zero-order valence-corrected chi connectivity index (χ0v) is 26.2. The lowest BCUT2D eigenvalue weighted by molar-refractivity contribution is -0.113. The molecule has 1 aromatic heterocycles. The highest BCUT2D eigenvalue weighted by atomic mass is 79.9. The summed E-state index contributed by atoms with van der Waals surface area (Å²) in [5, 5.41) is 12.6. The van der Waals surface area contributed by atoms with Gasteiger partial charge in [-0.1, -0.05) is 83.0 Å². The van der Waals surface area contributed by atoms with Gasteiger partial charge < -0.3 is 15.4 Å². The molecule has 1 atom stereocenters. The molecule has 2 N–H and O–H groups in total. The van der Waals surface area contributed by atoms with Crippen molar-refractivity contribution in [3.63, 3.8) is 0 Å². The zero-order valence-electron chi connectivity index (χ0n) is 23.1. The lowest BCUT2D eigenvalue weighted by Gasteiger charge is -2.30. The number of thioether (sulfide) groups is 1. The Morgan fingerprint density at radius 1 is 1.15 bits per heavy atom. The summed E-state index contributed by atoms with van der Waals surface area (Å²) in [5.74, 6) is 1.88. The molecule has 2 heterocycles. The number of rotatable bonds is 10. The van der Waals surface area contributed by atoms with Gasteiger partial charge in [-0.05, 0) is 62.2 Å². The number of carbonyl (C=O) groups excluding carboxylic acids is 1. The summed E-state index contributed by atoms with van der Waals surface area (Å²) in [6.07, 6.45) is 2.16. The summed E-state index contributed by atoms with van der Waals surface area (Å²) in [5.41, 5.74) is 4.64. The lowest BCUT2D eigenvalue weighted by Crippen LogP contribution is -2.31. The van der Waals surface area contributed by atoms with Crippen LogP contribution in [0.3, 0.4) is 0 Å². The number of hydrogen-bond acceptors (Lipinski definition) is 6. The van der Waals surface area contributed by atoms with Gasteiger partial charge in [0.2, 0.25) is 11.1 Å². The molecule has 41 heavy (non-hydrogen) atoms. The number of aromatic nitrogens is 3. The first kappa shape index (κ1) is 29.2. The fraction of sp³-hybridized carbons (Fsp3) is 0.258. The predicted octanol–water partition coefficient (Wildman–Crippen LogP) is 8.40. The first-order valence-corrected chi connectivity index (χ1v) is 15.6. The maximum Gasteiger partial charge on any atom is 0.255 e. The third-order valence-corrected chi connectivity index (χ3v) is 8.48. The van der Waals surface area contributed by atoms with Gasteiger partial charge in [0.25, 0.3) is 5.91 Å². The predicted molar refractivity (Wildman–Crippen MR) is 170 cm³/mol. The summed E-state index contributed by atoms with van der Waals surface area (Å²) in [6.45, 7) is 6.32. The second kappa shape index (κ2) is 13.1. The Morgan fingerprint density at radius 3 is 2.76 bits per heavy atom. The van der Waals surface area contributed by atoms with E-state index in [1.54, 1.807) is 16.4 Å². The van der Waals surface area contributed by atoms with Crippen LogP contribution in [0.15, 0.2) is 87.6 Å². The number of hydrogen-bond donors (Lipinski definition) is 2. The summed E-state index contributed by atoms with van der Waals surface area (Å²) in [6, 6.07) is 20.5. The van der Waals surface area contributed by atoms with Crippen LogP contribution in [0.2, 0.25) is 5.02 Å². The van der Waals surface area contributed by atoms with Gasteiger partial charge in [-0.25, -0.2) is 4.68 Å². The molecule has 0 spiro atoms. The maximum absolute atomic E-state index is 14.0. The van der Waals surface area contributed by atoms with Crippen LogP contribution in [0, 0.1) is 6.92 Å². The summed E-state index contributed by atoms with van der Waals surface area (Å²) < 4.78 is 9.01. The second-order valence-corrected chi connectivity index (χ2v) is 12.2. The molecule has 1 aliphatic rings. The first-order chi connectivity index (χ1) is 19.8. The third-order valence-electron chi connectivity index (χ3n) is 6.69. The van der Waals surface area contributed by atoms with Crippen LogP contribution in [0.25, 0.3) is 0 Å². The van der Waals surface area contributed by atoms with Gasteiger partial charge in [0.15, 0.2) is 0 Å². The molecule has 10 heteroatoms. The quantitative estimate of drug-likeness (QED) is 0.132. The number of halogens is 2. The van der Waals surface area contributed by atoms with Crippen molar-refractivity contribution < 1.29 is 9.53 Å². The van der Waals surface area contributed by atoms with Crippen LogP contribution >= 0.6 is 39.3 Å². The zero-order chi connectivity index (χ0) is 28.9. The molecular weight excluding hydrogens is 622 g/mol. The highest BCUT2D eigenvalue weighted by Gasteiger charge is 2.36. The van der Waals surface area contributed by atoms with E-state index in [9.17, 15) is 4.79 Å². The Balaban J connectivity index is 1.57. The fourth-order valence-corrected chi connectivity index (χ4v) is 6.12. The molecule has 0 fully saturated rings. The molecule has 0 bridgehead atoms. The number of nitrogens with zero attached hydrogens (tertiary/aromatic N) is 3. The molecule has 3 aromatic carbocycles. The molecule has 7 nitrogen and oxygen atoms in total. The summed E-state index contributed by atoms with van der Waals surface area (Å²) >= 11 is 11.7. The van der Waals surface area contributed by atoms with Crippen molar-refractivity contribution in [1.82, 2.24) is 14.8 Å². The van der Waals surface area contributed by atoms with Crippen LogP contribution in [0.5, 0.6) is 5.75 Å². The van der Waals surface area contributed by atoms with Gasteiger partial charge in [0.1, 0.15) is 18.4 Å². The minimum Gasteiger partial charge on any atom is -0.488 e. The van der Waals surface area contributed by atoms with E-state index in [1.807, 2.05) is 80.6 Å². The fourth-order valence-electron chi connectivity index (χ4n) is 4.64. The number of benzene rings is 3. The monoisotopic (exact) mass is 651 g/mol. The van der Waals surface area contributed by atoms with Crippen molar-refractivity contribution in [3.8, 4) is 5.75 Å². The number of unbranched alkanes of at least 4 members (excludes halogenated alkanes) is 1. The smallest absolute Gasteiger partial charge is 0.255 e. The largest absolute Gasteiger partial charge is 0.488 e. The van der Waals surface area contributed by atoms with E-state index in [0.717, 1.165) is 45.4 Å². The van der Waals surface area contributed by atoms with E-state index in [1.165, 1.54) is 0 Å². The Kier molecular flexibility index (Phi) is 9.37. The molecule has 1 amide bonds. The van der Waals surface area contributed by atoms with Crippen LogP contribution < -0.4 is 15.4 Å². The van der Waals surface area contributed by atoms with Crippen LogP contribution in [-0.4, -0.2) is 26.4 Å². The molecule has 5 rings (SSSR count). The number of aryl methyl sites for hydroxylation is 1. The summed E-state index contributed by atoms with van der Waals surface area (Å²) in [7, 11) is 0. The van der Waals surface area contributed by atoms with Crippen molar-refractivity contribution in [3.05, 3.63) is 104 Å². The third kappa shape index (κ3) is 6.80. The molecule has 0 aliphatic carbocycles. The maximum atomic E-state index is 14.0. The average molecular weight is 653 g/mol. The number of allylic oxidation sites excluding steroid dienone is 1. The standard InChI is InChI=1S/C31H31BrClN5O2S/c1-4-5-15-41-31-36-30-34-20(3)27(29(39)35-23-11-8-9-19(2)16-23)28(38(30)37-31)24-17-22(32)13-14-26(24)40-18-21-10-6-7-12-25(21)33/h6-14,16-17,28H,4-5,15,18H2,1-3H3,(H,35,39)(H,34,36,37). The van der Waals surface area contributed by atoms with E-state index in [-0.39, 0.29) is 12.5 Å². The molecule has 1 aliphatic heterocycles.